The zero-order valence-electron chi connectivity index (χ0n) is 8.20. The molecule has 0 saturated carbocycles. The molecule has 0 spiro atoms. The van der Waals surface area contributed by atoms with E-state index in [1.165, 1.54) is 7.11 Å². The van der Waals surface area contributed by atoms with Gasteiger partial charge in [-0.3, -0.25) is 0 Å². The van der Waals surface area contributed by atoms with Crippen molar-refractivity contribution in [2.75, 3.05) is 7.11 Å². The van der Waals surface area contributed by atoms with Crippen molar-refractivity contribution in [2.45, 2.75) is 13.1 Å². The molecule has 1 rings (SSSR count). The van der Waals surface area contributed by atoms with Gasteiger partial charge in [-0.2, -0.15) is 0 Å². The van der Waals surface area contributed by atoms with E-state index in [9.17, 15) is 13.2 Å². The highest BCUT2D eigenvalue weighted by Crippen LogP contribution is 2.11. The number of benzene rings is 1. The average Bonchev–Trinajstić information content (AvgIpc) is 2.11. The van der Waals surface area contributed by atoms with Crippen molar-refractivity contribution in [1.29, 1.82) is 0 Å². The predicted octanol–water partition coefficient (Wildman–Crippen LogP) is 2.16. The van der Waals surface area contributed by atoms with Gasteiger partial charge in [-0.1, -0.05) is 0 Å². The Morgan fingerprint density at radius 1 is 1.00 bits per heavy atom. The molecule has 78 valence electrons. The van der Waals surface area contributed by atoms with Crippen molar-refractivity contribution in [3.63, 3.8) is 0 Å². The molecule has 0 fully saturated rings. The molecular weight excluding hydrogens is 209 g/mol. The second-order valence-electron chi connectivity index (χ2n) is 3.46. The third-order valence-electron chi connectivity index (χ3n) is 2.17. The van der Waals surface area contributed by atoms with Crippen LogP contribution in [0.15, 0.2) is 12.1 Å². The van der Waals surface area contributed by atoms with Crippen LogP contribution in [0, 0.1) is 17.5 Å². The molecule has 1 nitrogen and oxygen atoms in total. The normalized spacial score (nSPS) is 11.9. The van der Waals surface area contributed by atoms with E-state index in [1.54, 1.807) is 13.1 Å². The van der Waals surface area contributed by atoms with Gasteiger partial charge >= 0.3 is 0 Å². The van der Waals surface area contributed by atoms with E-state index in [0.29, 0.717) is 6.07 Å². The fourth-order valence-electron chi connectivity index (χ4n) is 1.09. The fourth-order valence-corrected chi connectivity index (χ4v) is 2.44. The van der Waals surface area contributed by atoms with Crippen molar-refractivity contribution < 1.29 is 17.6 Å². The molecule has 0 aliphatic rings. The lowest BCUT2D eigenvalue weighted by molar-refractivity contribution is 0.413. The van der Waals surface area contributed by atoms with Crippen LogP contribution in [0.3, 0.4) is 0 Å². The Labute approximate surface area is 81.6 Å². The van der Waals surface area contributed by atoms with Gasteiger partial charge in [0.2, 0.25) is 8.32 Å². The van der Waals surface area contributed by atoms with E-state index < -0.39 is 25.8 Å². The van der Waals surface area contributed by atoms with Crippen molar-refractivity contribution in [3.8, 4) is 0 Å². The molecule has 0 atom stereocenters. The minimum absolute atomic E-state index is 0.138. The molecule has 0 saturated heterocycles. The van der Waals surface area contributed by atoms with Crippen molar-refractivity contribution in [3.05, 3.63) is 29.6 Å². The maximum absolute atomic E-state index is 13.3. The first kappa shape index (κ1) is 11.3. The highest BCUT2D eigenvalue weighted by atomic mass is 28.4. The first-order valence-corrected chi connectivity index (χ1v) is 6.99. The average molecular weight is 220 g/mol. The summed E-state index contributed by atoms with van der Waals surface area (Å²) in [6.07, 6.45) is 0. The molecule has 5 heteroatoms. The summed E-state index contributed by atoms with van der Waals surface area (Å²) in [5.74, 6) is -2.96. The van der Waals surface area contributed by atoms with Crippen LogP contribution in [0.25, 0.3) is 0 Å². The summed E-state index contributed by atoms with van der Waals surface area (Å²) in [6.45, 7) is 3.42. The number of rotatable bonds is 2. The largest absolute Gasteiger partial charge is 0.416 e. The van der Waals surface area contributed by atoms with Crippen LogP contribution in [-0.4, -0.2) is 15.4 Å². The van der Waals surface area contributed by atoms with E-state index in [4.69, 9.17) is 4.43 Å². The highest BCUT2D eigenvalue weighted by Gasteiger charge is 2.28. The summed E-state index contributed by atoms with van der Waals surface area (Å²) in [5, 5.41) is 0.138. The molecule has 0 N–H and O–H groups in total. The van der Waals surface area contributed by atoms with E-state index in [0.717, 1.165) is 6.07 Å². The molecule has 1 aromatic rings. The summed E-state index contributed by atoms with van der Waals surface area (Å²) in [5.41, 5.74) is 0. The van der Waals surface area contributed by atoms with Gasteiger partial charge < -0.3 is 4.43 Å². The summed E-state index contributed by atoms with van der Waals surface area (Å²) in [4.78, 5) is 0. The molecule has 1 aromatic carbocycles. The Balaban J connectivity index is 3.29. The second kappa shape index (κ2) is 3.74. The number of hydrogen-bond acceptors (Lipinski definition) is 1. The van der Waals surface area contributed by atoms with E-state index in [2.05, 4.69) is 0 Å². The van der Waals surface area contributed by atoms with E-state index in [1.807, 2.05) is 0 Å². The Morgan fingerprint density at radius 2 is 1.50 bits per heavy atom. The lowest BCUT2D eigenvalue weighted by atomic mass is 10.3. The Kier molecular flexibility index (Phi) is 3.01. The van der Waals surface area contributed by atoms with Crippen LogP contribution in [0.5, 0.6) is 0 Å². The van der Waals surface area contributed by atoms with Gasteiger partial charge in [0.1, 0.15) is 5.82 Å². The second-order valence-corrected chi connectivity index (χ2v) is 7.43. The Bertz CT molecular complexity index is 352. The minimum atomic E-state index is -2.43. The Hall–Kier alpha value is -0.813. The van der Waals surface area contributed by atoms with Crippen LogP contribution in [0.1, 0.15) is 0 Å². The van der Waals surface area contributed by atoms with Gasteiger partial charge in [0.15, 0.2) is 11.6 Å². The zero-order valence-corrected chi connectivity index (χ0v) is 9.20. The van der Waals surface area contributed by atoms with Gasteiger partial charge in [0, 0.05) is 18.4 Å². The number of hydrogen-bond donors (Lipinski definition) is 0. The summed E-state index contributed by atoms with van der Waals surface area (Å²) in [7, 11) is -0.997. The molecule has 14 heavy (non-hydrogen) atoms. The standard InChI is InChI=1S/C9H11F3OSi/c1-13-14(2,3)9-5-7(11)6(10)4-8(9)12/h4-5H,1-3H3. The Morgan fingerprint density at radius 3 is 2.00 bits per heavy atom. The number of halogens is 3. The molecule has 0 radical (unpaired) electrons. The first-order chi connectivity index (χ1) is 6.38. The van der Waals surface area contributed by atoms with E-state index in [-0.39, 0.29) is 5.19 Å². The molecular formula is C9H11F3OSi. The highest BCUT2D eigenvalue weighted by molar-refractivity contribution is 6.84. The predicted molar refractivity (Wildman–Crippen MR) is 50.4 cm³/mol. The summed E-state index contributed by atoms with van der Waals surface area (Å²) < 4.78 is 43.8. The molecule has 0 aliphatic carbocycles. The van der Waals surface area contributed by atoms with Crippen LogP contribution >= 0.6 is 0 Å². The fraction of sp³-hybridized carbons (Fsp3) is 0.333. The van der Waals surface area contributed by atoms with Gasteiger partial charge in [0.25, 0.3) is 0 Å². The van der Waals surface area contributed by atoms with Crippen molar-refractivity contribution >= 4 is 13.5 Å². The maximum Gasteiger partial charge on any atom is 0.220 e. The molecule has 0 bridgehead atoms. The smallest absolute Gasteiger partial charge is 0.220 e. The van der Waals surface area contributed by atoms with Crippen molar-refractivity contribution in [1.82, 2.24) is 0 Å². The van der Waals surface area contributed by atoms with Gasteiger partial charge in [-0.25, -0.2) is 13.2 Å². The SMILES string of the molecule is CO[Si](C)(C)c1cc(F)c(F)cc1F. The minimum Gasteiger partial charge on any atom is -0.416 e. The van der Waals surface area contributed by atoms with Crippen molar-refractivity contribution in [2.24, 2.45) is 0 Å². The maximum atomic E-state index is 13.3. The summed E-state index contributed by atoms with van der Waals surface area (Å²) in [6, 6.07) is 1.43. The lowest BCUT2D eigenvalue weighted by Gasteiger charge is -2.21. The monoisotopic (exact) mass is 220 g/mol. The molecule has 0 amide bonds. The van der Waals surface area contributed by atoms with Gasteiger partial charge in [-0.05, 0) is 19.2 Å². The lowest BCUT2D eigenvalue weighted by Crippen LogP contribution is -2.46. The molecule has 0 aliphatic heterocycles. The third-order valence-corrected chi connectivity index (χ3v) is 4.87. The molecule has 0 heterocycles. The van der Waals surface area contributed by atoms with Gasteiger partial charge in [0.05, 0.1) is 0 Å². The quantitative estimate of drug-likeness (QED) is 0.548. The summed E-state index contributed by atoms with van der Waals surface area (Å²) >= 11 is 0. The topological polar surface area (TPSA) is 9.23 Å². The van der Waals surface area contributed by atoms with Crippen LogP contribution in [0.2, 0.25) is 13.1 Å². The van der Waals surface area contributed by atoms with Crippen LogP contribution < -0.4 is 5.19 Å². The van der Waals surface area contributed by atoms with Crippen LogP contribution in [-0.2, 0) is 4.43 Å². The van der Waals surface area contributed by atoms with Gasteiger partial charge in [-0.15, -0.1) is 0 Å². The molecule has 0 unspecified atom stereocenters. The third kappa shape index (κ3) is 1.98. The first-order valence-electron chi connectivity index (χ1n) is 4.08. The zero-order chi connectivity index (χ0) is 10.9. The van der Waals surface area contributed by atoms with Crippen LogP contribution in [0.4, 0.5) is 13.2 Å². The van der Waals surface area contributed by atoms with E-state index >= 15 is 0 Å². The molecule has 0 aromatic heterocycles.